The van der Waals surface area contributed by atoms with Gasteiger partial charge in [0.25, 0.3) is 5.91 Å². The Morgan fingerprint density at radius 1 is 1.04 bits per heavy atom. The smallest absolute Gasteiger partial charge is 0.256 e. The van der Waals surface area contributed by atoms with Crippen molar-refractivity contribution in [2.75, 3.05) is 57.3 Å². The van der Waals surface area contributed by atoms with Crippen LogP contribution in [0.1, 0.15) is 35.2 Å². The van der Waals surface area contributed by atoms with E-state index in [0.29, 0.717) is 6.04 Å². The van der Waals surface area contributed by atoms with Crippen LogP contribution in [0.2, 0.25) is 0 Å². The summed E-state index contributed by atoms with van der Waals surface area (Å²) in [7, 11) is 0. The predicted octanol–water partition coefficient (Wildman–Crippen LogP) is 2.56. The molecule has 3 fully saturated rings. The highest BCUT2D eigenvalue weighted by Crippen LogP contribution is 2.28. The number of likely N-dealkylation sites (tertiary alicyclic amines) is 1. The average molecular weight is 415 g/mol. The molecule has 5 nitrogen and oxygen atoms in total. The number of nitrogens with one attached hydrogen (secondary N) is 1. The maximum Gasteiger partial charge on any atom is 0.256 e. The highest BCUT2D eigenvalue weighted by Gasteiger charge is 2.32. The van der Waals surface area contributed by atoms with Crippen molar-refractivity contribution in [3.63, 3.8) is 0 Å². The zero-order valence-electron chi connectivity index (χ0n) is 16.2. The summed E-state index contributed by atoms with van der Waals surface area (Å²) in [6.45, 7) is 10.4. The lowest BCUT2D eigenvalue weighted by Crippen LogP contribution is -2.49. The lowest BCUT2D eigenvalue weighted by molar-refractivity contribution is 0.0774. The summed E-state index contributed by atoms with van der Waals surface area (Å²) in [5, 5.41) is 3.42. The molecule has 4 rings (SSSR count). The minimum Gasteiger partial charge on any atom is -0.371 e. The summed E-state index contributed by atoms with van der Waals surface area (Å²) in [5.41, 5.74) is 3.21. The van der Waals surface area contributed by atoms with Crippen molar-refractivity contribution in [3.8, 4) is 0 Å². The zero-order chi connectivity index (χ0) is 17.2. The summed E-state index contributed by atoms with van der Waals surface area (Å²) in [6, 6.07) is 6.91. The molecule has 0 aromatic heterocycles. The van der Waals surface area contributed by atoms with Crippen LogP contribution in [0.3, 0.4) is 0 Å². The molecule has 3 saturated heterocycles. The van der Waals surface area contributed by atoms with Gasteiger partial charge in [0.05, 0.1) is 5.56 Å². The van der Waals surface area contributed by atoms with E-state index in [-0.39, 0.29) is 30.7 Å². The number of hydrogen-bond acceptors (Lipinski definition) is 4. The molecule has 3 aliphatic heterocycles. The van der Waals surface area contributed by atoms with Gasteiger partial charge in [-0.05, 0) is 38.3 Å². The standard InChI is InChI=1S/C20H30N4O.2ClH/c1-16-4-5-19(23-9-2-3-10-23)18(14-16)20(25)24-11-6-17(15-24)22-12-7-21-8-13-22;;/h4-5,14,17,21H,2-3,6-13,15H2,1H3;2*1H. The second-order valence-electron chi connectivity index (χ2n) is 7.69. The van der Waals surface area contributed by atoms with E-state index in [2.05, 4.69) is 45.1 Å². The first-order valence-electron chi connectivity index (χ1n) is 9.82. The molecule has 27 heavy (non-hydrogen) atoms. The molecule has 7 heteroatoms. The minimum absolute atomic E-state index is 0. The minimum atomic E-state index is 0. The largest absolute Gasteiger partial charge is 0.371 e. The van der Waals surface area contributed by atoms with Gasteiger partial charge in [0, 0.05) is 64.1 Å². The Bertz CT molecular complexity index is 630. The van der Waals surface area contributed by atoms with Gasteiger partial charge in [0.2, 0.25) is 0 Å². The van der Waals surface area contributed by atoms with Crippen molar-refractivity contribution in [2.24, 2.45) is 0 Å². The third-order valence-electron chi connectivity index (χ3n) is 5.95. The normalized spacial score (nSPS) is 23.1. The number of hydrogen-bond donors (Lipinski definition) is 1. The predicted molar refractivity (Wildman–Crippen MR) is 116 cm³/mol. The highest BCUT2D eigenvalue weighted by atomic mass is 35.5. The van der Waals surface area contributed by atoms with E-state index in [1.165, 1.54) is 18.4 Å². The molecule has 152 valence electrons. The molecule has 1 aromatic carbocycles. The van der Waals surface area contributed by atoms with Gasteiger partial charge in [-0.1, -0.05) is 11.6 Å². The van der Waals surface area contributed by atoms with Crippen molar-refractivity contribution < 1.29 is 4.79 Å². The lowest BCUT2D eigenvalue weighted by atomic mass is 10.1. The molecule has 1 atom stereocenters. The summed E-state index contributed by atoms with van der Waals surface area (Å²) in [5.74, 6) is 0.225. The van der Waals surface area contributed by atoms with Gasteiger partial charge in [-0.3, -0.25) is 9.69 Å². The summed E-state index contributed by atoms with van der Waals surface area (Å²) < 4.78 is 0. The van der Waals surface area contributed by atoms with Gasteiger partial charge in [-0.15, -0.1) is 24.8 Å². The number of carbonyl (C=O) groups excluding carboxylic acids is 1. The molecule has 1 unspecified atom stereocenters. The Morgan fingerprint density at radius 3 is 2.44 bits per heavy atom. The van der Waals surface area contributed by atoms with Crippen molar-refractivity contribution in [1.82, 2.24) is 15.1 Å². The van der Waals surface area contributed by atoms with Gasteiger partial charge in [-0.25, -0.2) is 0 Å². The summed E-state index contributed by atoms with van der Waals surface area (Å²) >= 11 is 0. The van der Waals surface area contributed by atoms with E-state index in [1.54, 1.807) is 0 Å². The maximum atomic E-state index is 13.3. The average Bonchev–Trinajstić information content (AvgIpc) is 3.34. The highest BCUT2D eigenvalue weighted by molar-refractivity contribution is 6.00. The molecule has 1 amide bonds. The monoisotopic (exact) mass is 414 g/mol. The van der Waals surface area contributed by atoms with Crippen LogP contribution in [0.4, 0.5) is 5.69 Å². The van der Waals surface area contributed by atoms with Crippen LogP contribution in [0.5, 0.6) is 0 Å². The number of piperazine rings is 1. The fraction of sp³-hybridized carbons (Fsp3) is 0.650. The van der Waals surface area contributed by atoms with Crippen molar-refractivity contribution in [1.29, 1.82) is 0 Å². The van der Waals surface area contributed by atoms with Gasteiger partial charge >= 0.3 is 0 Å². The number of benzene rings is 1. The second kappa shape index (κ2) is 9.97. The molecule has 1 aromatic rings. The van der Waals surface area contributed by atoms with Crippen LogP contribution >= 0.6 is 24.8 Å². The van der Waals surface area contributed by atoms with Crippen LogP contribution in [0.15, 0.2) is 18.2 Å². The number of anilines is 1. The Morgan fingerprint density at radius 2 is 1.74 bits per heavy atom. The van der Waals surface area contributed by atoms with Crippen LogP contribution in [-0.2, 0) is 0 Å². The van der Waals surface area contributed by atoms with Crippen molar-refractivity contribution in [3.05, 3.63) is 29.3 Å². The number of carbonyl (C=O) groups is 1. The van der Waals surface area contributed by atoms with Crippen LogP contribution in [-0.4, -0.2) is 74.1 Å². The Labute approximate surface area is 175 Å². The molecule has 0 saturated carbocycles. The molecule has 0 radical (unpaired) electrons. The quantitative estimate of drug-likeness (QED) is 0.824. The number of nitrogens with zero attached hydrogens (tertiary/aromatic N) is 3. The number of aryl methyl sites for hydroxylation is 1. The summed E-state index contributed by atoms with van der Waals surface area (Å²) in [4.78, 5) is 20.3. The second-order valence-corrected chi connectivity index (χ2v) is 7.69. The Hall–Kier alpha value is -1.01. The molecule has 3 aliphatic rings. The van der Waals surface area contributed by atoms with E-state index in [0.717, 1.165) is 70.0 Å². The van der Waals surface area contributed by atoms with Crippen LogP contribution < -0.4 is 10.2 Å². The molecular formula is C20H32Cl2N4O. The Balaban J connectivity index is 0.00000131. The number of amides is 1. The van der Waals surface area contributed by atoms with Crippen molar-refractivity contribution in [2.45, 2.75) is 32.2 Å². The third-order valence-corrected chi connectivity index (χ3v) is 5.95. The van der Waals surface area contributed by atoms with Crippen LogP contribution in [0, 0.1) is 6.92 Å². The fourth-order valence-corrected chi connectivity index (χ4v) is 4.50. The zero-order valence-corrected chi connectivity index (χ0v) is 17.8. The van der Waals surface area contributed by atoms with Crippen molar-refractivity contribution >= 4 is 36.4 Å². The fourth-order valence-electron chi connectivity index (χ4n) is 4.50. The van der Waals surface area contributed by atoms with E-state index in [9.17, 15) is 4.79 Å². The Kier molecular flexibility index (Phi) is 8.22. The van der Waals surface area contributed by atoms with Gasteiger partial charge in [0.1, 0.15) is 0 Å². The maximum absolute atomic E-state index is 13.3. The molecule has 3 heterocycles. The first-order valence-corrected chi connectivity index (χ1v) is 9.82. The SMILES string of the molecule is Cc1ccc(N2CCCC2)c(C(=O)N2CCC(N3CCNCC3)C2)c1.Cl.Cl. The molecule has 0 spiro atoms. The van der Waals surface area contributed by atoms with Gasteiger partial charge < -0.3 is 15.1 Å². The van der Waals surface area contributed by atoms with Gasteiger partial charge in [-0.2, -0.15) is 0 Å². The molecule has 0 aliphatic carbocycles. The van der Waals surface area contributed by atoms with E-state index >= 15 is 0 Å². The van der Waals surface area contributed by atoms with E-state index < -0.39 is 0 Å². The third kappa shape index (κ3) is 4.89. The molecular weight excluding hydrogens is 383 g/mol. The van der Waals surface area contributed by atoms with E-state index in [4.69, 9.17) is 0 Å². The lowest BCUT2D eigenvalue weighted by Gasteiger charge is -2.32. The number of rotatable bonds is 3. The first-order chi connectivity index (χ1) is 12.2. The van der Waals surface area contributed by atoms with E-state index in [1.807, 2.05) is 0 Å². The topological polar surface area (TPSA) is 38.8 Å². The summed E-state index contributed by atoms with van der Waals surface area (Å²) in [6.07, 6.45) is 3.57. The molecule has 0 bridgehead atoms. The van der Waals surface area contributed by atoms with Gasteiger partial charge in [0.15, 0.2) is 0 Å². The molecule has 1 N–H and O–H groups in total. The number of halogens is 2. The first kappa shape index (κ1) is 22.3. The van der Waals surface area contributed by atoms with Crippen LogP contribution in [0.25, 0.3) is 0 Å².